The molecule has 0 bridgehead atoms. The lowest BCUT2D eigenvalue weighted by molar-refractivity contribution is 0.0940. The third kappa shape index (κ3) is 4.11. The van der Waals surface area contributed by atoms with E-state index in [2.05, 4.69) is 15.5 Å². The van der Waals surface area contributed by atoms with Gasteiger partial charge in [-0.1, -0.05) is 30.3 Å². The first-order valence-corrected chi connectivity index (χ1v) is 8.62. The molecule has 1 amide bonds. The molecule has 134 valence electrons. The summed E-state index contributed by atoms with van der Waals surface area (Å²) >= 11 is 0. The van der Waals surface area contributed by atoms with E-state index in [0.717, 1.165) is 28.3 Å². The topological polar surface area (TPSA) is 67.0 Å². The van der Waals surface area contributed by atoms with E-state index < -0.39 is 0 Å². The zero-order valence-corrected chi connectivity index (χ0v) is 15.2. The van der Waals surface area contributed by atoms with E-state index in [9.17, 15) is 4.79 Å². The summed E-state index contributed by atoms with van der Waals surface area (Å²) in [6.07, 6.45) is 0.683. The van der Waals surface area contributed by atoms with Crippen LogP contribution in [-0.4, -0.2) is 29.3 Å². The molecule has 0 aliphatic carbocycles. The van der Waals surface area contributed by atoms with E-state index in [1.165, 1.54) is 0 Å². The molecule has 2 N–H and O–H groups in total. The number of aryl methyl sites for hydroxylation is 1. The molecule has 0 radical (unpaired) electrons. The summed E-state index contributed by atoms with van der Waals surface area (Å²) in [6.45, 7) is 3.94. The van der Waals surface area contributed by atoms with Crippen LogP contribution >= 0.6 is 0 Å². The number of H-pyrrole nitrogens is 1. The Balaban J connectivity index is 1.74. The third-order valence-electron chi connectivity index (χ3n) is 4.19. The zero-order chi connectivity index (χ0) is 18.5. The number of hydrogen-bond acceptors (Lipinski definition) is 3. The summed E-state index contributed by atoms with van der Waals surface area (Å²) in [5.41, 5.74) is 4.50. The predicted octanol–water partition coefficient (Wildman–Crippen LogP) is 3.75. The second-order valence-electron chi connectivity index (χ2n) is 6.40. The summed E-state index contributed by atoms with van der Waals surface area (Å²) in [5, 5.41) is 10.2. The maximum Gasteiger partial charge on any atom is 0.251 e. The lowest BCUT2D eigenvalue weighted by Crippen LogP contribution is -2.34. The first-order valence-electron chi connectivity index (χ1n) is 8.62. The van der Waals surface area contributed by atoms with Crippen molar-refractivity contribution in [2.45, 2.75) is 26.3 Å². The normalized spacial score (nSPS) is 11.8. The first kappa shape index (κ1) is 17.7. The van der Waals surface area contributed by atoms with Gasteiger partial charge in [-0.25, -0.2) is 0 Å². The monoisotopic (exact) mass is 349 g/mol. The van der Waals surface area contributed by atoms with Crippen LogP contribution in [0.25, 0.3) is 11.1 Å². The summed E-state index contributed by atoms with van der Waals surface area (Å²) in [6, 6.07) is 17.3. The van der Waals surface area contributed by atoms with Crippen LogP contribution < -0.4 is 10.1 Å². The van der Waals surface area contributed by atoms with Crippen LogP contribution in [0.1, 0.15) is 28.7 Å². The fourth-order valence-corrected chi connectivity index (χ4v) is 2.96. The van der Waals surface area contributed by atoms with Crippen LogP contribution in [0.5, 0.6) is 5.75 Å². The zero-order valence-electron chi connectivity index (χ0n) is 15.2. The van der Waals surface area contributed by atoms with Crippen LogP contribution in [0.3, 0.4) is 0 Å². The van der Waals surface area contributed by atoms with Crippen LogP contribution in [0.2, 0.25) is 0 Å². The first-order chi connectivity index (χ1) is 12.6. The van der Waals surface area contributed by atoms with Gasteiger partial charge in [0.2, 0.25) is 0 Å². The molecule has 0 aliphatic rings. The summed E-state index contributed by atoms with van der Waals surface area (Å²) in [7, 11) is 1.65. The van der Waals surface area contributed by atoms with Gasteiger partial charge in [0.25, 0.3) is 5.91 Å². The van der Waals surface area contributed by atoms with Gasteiger partial charge in [-0.05, 0) is 43.7 Å². The Bertz CT molecular complexity index is 902. The summed E-state index contributed by atoms with van der Waals surface area (Å²) < 4.78 is 5.42. The number of nitrogens with one attached hydrogen (secondary N) is 2. The van der Waals surface area contributed by atoms with Gasteiger partial charge >= 0.3 is 0 Å². The quantitative estimate of drug-likeness (QED) is 0.712. The van der Waals surface area contributed by atoms with Crippen molar-refractivity contribution in [3.8, 4) is 16.9 Å². The van der Waals surface area contributed by atoms with Gasteiger partial charge < -0.3 is 10.1 Å². The highest BCUT2D eigenvalue weighted by Crippen LogP contribution is 2.29. The highest BCUT2D eigenvalue weighted by molar-refractivity contribution is 5.95. The second-order valence-corrected chi connectivity index (χ2v) is 6.40. The summed E-state index contributed by atoms with van der Waals surface area (Å²) in [4.78, 5) is 12.6. The molecule has 5 nitrogen and oxygen atoms in total. The standard InChI is InChI=1S/C21H23N3O2/c1-14(11-18-12-15(2)23-24-18)22-21(25)17-8-6-7-16(13-17)19-9-4-5-10-20(19)26-3/h4-10,12-14H,11H2,1-3H3,(H,22,25)(H,23,24)/t14-/m0/s1. The van der Waals surface area contributed by atoms with Crippen molar-refractivity contribution in [3.05, 3.63) is 71.5 Å². The van der Waals surface area contributed by atoms with Crippen molar-refractivity contribution in [3.63, 3.8) is 0 Å². The average Bonchev–Trinajstić information content (AvgIpc) is 3.06. The number of benzene rings is 2. The van der Waals surface area contributed by atoms with Crippen LogP contribution in [-0.2, 0) is 6.42 Å². The van der Waals surface area contributed by atoms with Crippen molar-refractivity contribution in [2.24, 2.45) is 0 Å². The molecule has 0 fully saturated rings. The van der Waals surface area contributed by atoms with Gasteiger partial charge in [-0.3, -0.25) is 9.89 Å². The van der Waals surface area contributed by atoms with E-state index in [1.54, 1.807) is 7.11 Å². The minimum atomic E-state index is -0.0958. The van der Waals surface area contributed by atoms with E-state index in [-0.39, 0.29) is 11.9 Å². The molecule has 0 spiro atoms. The smallest absolute Gasteiger partial charge is 0.251 e. The van der Waals surface area contributed by atoms with E-state index in [1.807, 2.05) is 68.4 Å². The number of carbonyl (C=O) groups is 1. The average molecular weight is 349 g/mol. The number of amides is 1. The van der Waals surface area contributed by atoms with Gasteiger partial charge in [-0.2, -0.15) is 5.10 Å². The molecule has 0 aliphatic heterocycles. The van der Waals surface area contributed by atoms with Gasteiger partial charge in [0.15, 0.2) is 0 Å². The van der Waals surface area contributed by atoms with E-state index >= 15 is 0 Å². The maximum absolute atomic E-state index is 12.6. The second kappa shape index (κ2) is 7.87. The molecule has 3 rings (SSSR count). The van der Waals surface area contributed by atoms with Gasteiger partial charge in [0.1, 0.15) is 5.75 Å². The molecule has 0 unspecified atom stereocenters. The molecule has 1 aromatic heterocycles. The molecule has 26 heavy (non-hydrogen) atoms. The molecule has 0 saturated carbocycles. The number of hydrogen-bond donors (Lipinski definition) is 2. The molecule has 1 heterocycles. The largest absolute Gasteiger partial charge is 0.496 e. The number of rotatable bonds is 6. The van der Waals surface area contributed by atoms with Gasteiger partial charge in [0.05, 0.1) is 12.8 Å². The molecule has 1 atom stereocenters. The molecular formula is C21H23N3O2. The Kier molecular flexibility index (Phi) is 5.37. The number of aromatic nitrogens is 2. The van der Waals surface area contributed by atoms with E-state index in [4.69, 9.17) is 4.74 Å². The highest BCUT2D eigenvalue weighted by Gasteiger charge is 2.13. The van der Waals surface area contributed by atoms with Crippen molar-refractivity contribution in [1.29, 1.82) is 0 Å². The minimum Gasteiger partial charge on any atom is -0.496 e. The molecule has 3 aromatic rings. The van der Waals surface area contributed by atoms with E-state index in [0.29, 0.717) is 12.0 Å². The highest BCUT2D eigenvalue weighted by atomic mass is 16.5. The Morgan fingerprint density at radius 2 is 2.00 bits per heavy atom. The minimum absolute atomic E-state index is 0.0138. The maximum atomic E-state index is 12.6. The van der Waals surface area contributed by atoms with Crippen LogP contribution in [0, 0.1) is 6.92 Å². The molecule has 2 aromatic carbocycles. The Morgan fingerprint density at radius 1 is 1.19 bits per heavy atom. The number of aromatic amines is 1. The Labute approximate surface area is 153 Å². The number of ether oxygens (including phenoxy) is 1. The van der Waals surface area contributed by atoms with Gasteiger partial charge in [0, 0.05) is 29.3 Å². The molecule has 5 heteroatoms. The Hall–Kier alpha value is -3.08. The fraction of sp³-hybridized carbons (Fsp3) is 0.238. The predicted molar refractivity (Wildman–Crippen MR) is 102 cm³/mol. The van der Waals surface area contributed by atoms with Crippen LogP contribution in [0.4, 0.5) is 0 Å². The lowest BCUT2D eigenvalue weighted by atomic mass is 10.0. The number of methoxy groups -OCH3 is 1. The third-order valence-corrected chi connectivity index (χ3v) is 4.19. The number of para-hydroxylation sites is 1. The van der Waals surface area contributed by atoms with Crippen molar-refractivity contribution >= 4 is 5.91 Å². The Morgan fingerprint density at radius 3 is 2.73 bits per heavy atom. The fourth-order valence-electron chi connectivity index (χ4n) is 2.96. The lowest BCUT2D eigenvalue weighted by Gasteiger charge is -2.14. The van der Waals surface area contributed by atoms with Crippen molar-refractivity contribution in [2.75, 3.05) is 7.11 Å². The van der Waals surface area contributed by atoms with Crippen molar-refractivity contribution < 1.29 is 9.53 Å². The molecule has 0 saturated heterocycles. The number of nitrogens with zero attached hydrogens (tertiary/aromatic N) is 1. The molecular weight excluding hydrogens is 326 g/mol. The summed E-state index contributed by atoms with van der Waals surface area (Å²) in [5.74, 6) is 0.689. The van der Waals surface area contributed by atoms with Gasteiger partial charge in [-0.15, -0.1) is 0 Å². The van der Waals surface area contributed by atoms with Crippen molar-refractivity contribution in [1.82, 2.24) is 15.5 Å². The van der Waals surface area contributed by atoms with Crippen LogP contribution in [0.15, 0.2) is 54.6 Å². The SMILES string of the molecule is COc1ccccc1-c1cccc(C(=O)N[C@@H](C)Cc2cc(C)[nH]n2)c1. The number of carbonyl (C=O) groups excluding carboxylic acids is 1.